The van der Waals surface area contributed by atoms with Crippen LogP contribution < -0.4 is 5.32 Å². The second-order valence-corrected chi connectivity index (χ2v) is 4.50. The third-order valence-corrected chi connectivity index (χ3v) is 2.97. The molecule has 0 saturated carbocycles. The number of carbonyl (C=O) groups excluding carboxylic acids is 1. The Hall–Kier alpha value is -2.76. The van der Waals surface area contributed by atoms with Crippen molar-refractivity contribution in [2.24, 2.45) is 0 Å². The number of nitrogens with zero attached hydrogens (tertiary/aromatic N) is 3. The molecule has 0 bridgehead atoms. The van der Waals surface area contributed by atoms with Gasteiger partial charge in [0.25, 0.3) is 5.91 Å². The number of H-pyrrole nitrogens is 1. The molecule has 0 radical (unpaired) electrons. The van der Waals surface area contributed by atoms with Gasteiger partial charge in [-0.25, -0.2) is 0 Å². The summed E-state index contributed by atoms with van der Waals surface area (Å²) >= 11 is 0. The molecule has 0 aliphatic rings. The van der Waals surface area contributed by atoms with Crippen molar-refractivity contribution in [2.45, 2.75) is 13.5 Å². The second kappa shape index (κ2) is 5.08. The summed E-state index contributed by atoms with van der Waals surface area (Å²) in [4.78, 5) is 20.4. The highest BCUT2D eigenvalue weighted by molar-refractivity contribution is 5.97. The van der Waals surface area contributed by atoms with Gasteiger partial charge in [-0.15, -0.1) is 0 Å². The molecule has 0 atom stereocenters. The van der Waals surface area contributed by atoms with E-state index in [4.69, 9.17) is 0 Å². The van der Waals surface area contributed by atoms with E-state index in [1.807, 2.05) is 13.0 Å². The van der Waals surface area contributed by atoms with Crippen molar-refractivity contribution in [1.82, 2.24) is 25.5 Å². The maximum Gasteiger partial charge on any atom is 0.251 e. The smallest absolute Gasteiger partial charge is 0.251 e. The van der Waals surface area contributed by atoms with Gasteiger partial charge >= 0.3 is 0 Å². The normalized spacial score (nSPS) is 10.7. The number of rotatable bonds is 3. The van der Waals surface area contributed by atoms with E-state index < -0.39 is 0 Å². The van der Waals surface area contributed by atoms with Crippen LogP contribution in [0.1, 0.15) is 21.7 Å². The molecular formula is C14H13N5O. The molecule has 1 amide bonds. The zero-order valence-corrected chi connectivity index (χ0v) is 10.9. The molecule has 0 fully saturated rings. The van der Waals surface area contributed by atoms with Crippen LogP contribution in [0.2, 0.25) is 0 Å². The molecule has 0 aliphatic carbocycles. The van der Waals surface area contributed by atoms with Crippen LogP contribution in [0.5, 0.6) is 0 Å². The number of aryl methyl sites for hydroxylation is 1. The topological polar surface area (TPSA) is 83.6 Å². The molecule has 6 heteroatoms. The molecule has 0 saturated heterocycles. The fourth-order valence-corrected chi connectivity index (χ4v) is 1.86. The quantitative estimate of drug-likeness (QED) is 0.754. The Labute approximate surface area is 115 Å². The van der Waals surface area contributed by atoms with Crippen LogP contribution in [0.4, 0.5) is 0 Å². The van der Waals surface area contributed by atoms with Crippen molar-refractivity contribution in [3.8, 4) is 0 Å². The summed E-state index contributed by atoms with van der Waals surface area (Å²) in [6, 6.07) is 5.41. The summed E-state index contributed by atoms with van der Waals surface area (Å²) in [5, 5.41) is 10.6. The van der Waals surface area contributed by atoms with E-state index in [2.05, 4.69) is 25.5 Å². The molecule has 3 rings (SSSR count). The van der Waals surface area contributed by atoms with E-state index in [1.54, 1.807) is 30.7 Å². The van der Waals surface area contributed by atoms with E-state index >= 15 is 0 Å². The third kappa shape index (κ3) is 2.49. The van der Waals surface area contributed by atoms with Crippen LogP contribution in [0, 0.1) is 6.92 Å². The minimum Gasteiger partial charge on any atom is -0.346 e. The van der Waals surface area contributed by atoms with E-state index in [9.17, 15) is 4.79 Å². The van der Waals surface area contributed by atoms with Crippen molar-refractivity contribution in [3.05, 3.63) is 53.7 Å². The first kappa shape index (κ1) is 12.3. The predicted octanol–water partition coefficient (Wildman–Crippen LogP) is 1.59. The number of fused-ring (bicyclic) bond motifs is 1. The Morgan fingerprint density at radius 1 is 1.25 bits per heavy atom. The highest BCUT2D eigenvalue weighted by Crippen LogP contribution is 2.12. The van der Waals surface area contributed by atoms with Crippen LogP contribution in [0.3, 0.4) is 0 Å². The Kier molecular flexibility index (Phi) is 3.12. The molecule has 20 heavy (non-hydrogen) atoms. The average Bonchev–Trinajstić information content (AvgIpc) is 2.93. The number of carbonyl (C=O) groups is 1. The number of nitrogens with one attached hydrogen (secondary N) is 2. The second-order valence-electron chi connectivity index (χ2n) is 4.50. The first-order valence-electron chi connectivity index (χ1n) is 6.21. The maximum atomic E-state index is 12.1. The van der Waals surface area contributed by atoms with Crippen LogP contribution in [-0.4, -0.2) is 26.1 Å². The summed E-state index contributed by atoms with van der Waals surface area (Å²) < 4.78 is 0. The minimum atomic E-state index is -0.149. The summed E-state index contributed by atoms with van der Waals surface area (Å²) in [5.74, 6) is -0.149. The zero-order valence-electron chi connectivity index (χ0n) is 10.9. The maximum absolute atomic E-state index is 12.1. The molecule has 0 aliphatic heterocycles. The van der Waals surface area contributed by atoms with E-state index in [0.717, 1.165) is 22.3 Å². The lowest BCUT2D eigenvalue weighted by atomic mass is 10.1. The van der Waals surface area contributed by atoms with Gasteiger partial charge < -0.3 is 5.32 Å². The number of amides is 1. The molecular weight excluding hydrogens is 254 g/mol. The van der Waals surface area contributed by atoms with Gasteiger partial charge in [-0.05, 0) is 19.1 Å². The highest BCUT2D eigenvalue weighted by Gasteiger charge is 2.07. The lowest BCUT2D eigenvalue weighted by Crippen LogP contribution is -2.23. The van der Waals surface area contributed by atoms with Crippen molar-refractivity contribution in [1.29, 1.82) is 0 Å². The van der Waals surface area contributed by atoms with Gasteiger partial charge in [-0.1, -0.05) is 6.07 Å². The molecule has 100 valence electrons. The monoisotopic (exact) mass is 267 g/mol. The van der Waals surface area contributed by atoms with Gasteiger partial charge in [0, 0.05) is 17.1 Å². The van der Waals surface area contributed by atoms with E-state index in [0.29, 0.717) is 12.1 Å². The van der Waals surface area contributed by atoms with Crippen molar-refractivity contribution in [2.75, 3.05) is 0 Å². The fraction of sp³-hybridized carbons (Fsp3) is 0.143. The Morgan fingerprint density at radius 3 is 2.95 bits per heavy atom. The van der Waals surface area contributed by atoms with Crippen LogP contribution in [0.15, 0.2) is 36.8 Å². The first-order chi connectivity index (χ1) is 9.72. The largest absolute Gasteiger partial charge is 0.346 e. The van der Waals surface area contributed by atoms with Gasteiger partial charge in [0.1, 0.15) is 0 Å². The minimum absolute atomic E-state index is 0.149. The molecule has 2 aromatic heterocycles. The number of aromatic nitrogens is 4. The summed E-state index contributed by atoms with van der Waals surface area (Å²) in [6.07, 6.45) is 5.06. The van der Waals surface area contributed by atoms with Crippen LogP contribution in [0.25, 0.3) is 10.9 Å². The molecule has 0 spiro atoms. The van der Waals surface area contributed by atoms with Gasteiger partial charge in [0.15, 0.2) is 0 Å². The Morgan fingerprint density at radius 2 is 2.15 bits per heavy atom. The molecule has 0 unspecified atom stereocenters. The van der Waals surface area contributed by atoms with E-state index in [-0.39, 0.29) is 5.91 Å². The van der Waals surface area contributed by atoms with Crippen molar-refractivity contribution >= 4 is 16.8 Å². The average molecular weight is 267 g/mol. The SMILES string of the molecule is Cc1cnc(CNC(=O)c2ccc3cn[nH]c3c2)cn1. The first-order valence-corrected chi connectivity index (χ1v) is 6.21. The Bertz CT molecular complexity index is 748. The van der Waals surface area contributed by atoms with Gasteiger partial charge in [0.05, 0.1) is 35.8 Å². The van der Waals surface area contributed by atoms with Gasteiger partial charge in [0.2, 0.25) is 0 Å². The third-order valence-electron chi connectivity index (χ3n) is 2.97. The molecule has 2 heterocycles. The number of hydrogen-bond acceptors (Lipinski definition) is 4. The molecule has 3 aromatic rings. The van der Waals surface area contributed by atoms with Crippen molar-refractivity contribution in [3.63, 3.8) is 0 Å². The Balaban J connectivity index is 1.70. The van der Waals surface area contributed by atoms with Crippen LogP contribution >= 0.6 is 0 Å². The standard InChI is InChI=1S/C14H13N5O/c1-9-5-16-12(7-15-9)8-17-14(20)10-2-3-11-6-18-19-13(11)4-10/h2-7H,8H2,1H3,(H,17,20)(H,18,19). The summed E-state index contributed by atoms with van der Waals surface area (Å²) in [6.45, 7) is 2.22. The highest BCUT2D eigenvalue weighted by atomic mass is 16.1. The van der Waals surface area contributed by atoms with Gasteiger partial charge in [-0.3, -0.25) is 19.9 Å². The lowest BCUT2D eigenvalue weighted by molar-refractivity contribution is 0.0950. The molecule has 2 N–H and O–H groups in total. The lowest BCUT2D eigenvalue weighted by Gasteiger charge is -2.05. The van der Waals surface area contributed by atoms with Gasteiger partial charge in [-0.2, -0.15) is 5.10 Å². The molecule has 6 nitrogen and oxygen atoms in total. The summed E-state index contributed by atoms with van der Waals surface area (Å²) in [5.41, 5.74) is 3.01. The molecule has 1 aromatic carbocycles. The number of hydrogen-bond donors (Lipinski definition) is 2. The zero-order chi connectivity index (χ0) is 13.9. The summed E-state index contributed by atoms with van der Waals surface area (Å²) in [7, 11) is 0. The fourth-order valence-electron chi connectivity index (χ4n) is 1.86. The van der Waals surface area contributed by atoms with Crippen molar-refractivity contribution < 1.29 is 4.79 Å². The van der Waals surface area contributed by atoms with Crippen LogP contribution in [-0.2, 0) is 6.54 Å². The predicted molar refractivity (Wildman–Crippen MR) is 74.0 cm³/mol. The number of benzene rings is 1. The number of aromatic amines is 1. The van der Waals surface area contributed by atoms with E-state index in [1.165, 1.54) is 0 Å².